The van der Waals surface area contributed by atoms with Gasteiger partial charge >= 0.3 is 0 Å². The molecule has 3 rings (SSSR count). The monoisotopic (exact) mass is 319 g/mol. The van der Waals surface area contributed by atoms with Crippen LogP contribution in [0.1, 0.15) is 50.4 Å². The van der Waals surface area contributed by atoms with E-state index in [1.54, 1.807) is 0 Å². The summed E-state index contributed by atoms with van der Waals surface area (Å²) in [5.41, 5.74) is 2.20. The predicted molar refractivity (Wildman–Crippen MR) is 89.2 cm³/mol. The van der Waals surface area contributed by atoms with E-state index < -0.39 is 0 Å². The zero-order valence-corrected chi connectivity index (χ0v) is 14.6. The molecule has 23 heavy (non-hydrogen) atoms. The molecule has 0 aromatic carbocycles. The zero-order valence-electron chi connectivity index (χ0n) is 14.6. The fourth-order valence-corrected chi connectivity index (χ4v) is 3.41. The Morgan fingerprint density at radius 2 is 2.13 bits per heavy atom. The predicted octanol–water partition coefficient (Wildman–Crippen LogP) is 2.70. The Morgan fingerprint density at radius 1 is 1.35 bits per heavy atom. The summed E-state index contributed by atoms with van der Waals surface area (Å²) in [6, 6.07) is 2.33. The van der Waals surface area contributed by atoms with Gasteiger partial charge in [0.25, 0.3) is 5.91 Å². The number of hydrogen-bond donors (Lipinski definition) is 0. The maximum Gasteiger partial charge on any atom is 0.251 e. The van der Waals surface area contributed by atoms with Crippen LogP contribution in [-0.4, -0.2) is 45.9 Å². The Bertz CT molecular complexity index is 550. The van der Waals surface area contributed by atoms with Gasteiger partial charge in [0.05, 0.1) is 24.9 Å². The molecule has 0 unspecified atom stereocenters. The summed E-state index contributed by atoms with van der Waals surface area (Å²) in [7, 11) is 0. The molecule has 1 aliphatic carbocycles. The average molecular weight is 319 g/mol. The molecule has 1 amide bonds. The smallest absolute Gasteiger partial charge is 0.251 e. The standard InChI is InChI=1S/C18H29N3O2/c1-13-10-14(2)21(19-13)11-17-6-4-5-9-20(17)18(22)15(3)23-12-16-7-8-16/h10,15-17H,4-9,11-12H2,1-3H3/t15-,17+/m0/s1. The summed E-state index contributed by atoms with van der Waals surface area (Å²) in [5, 5.41) is 4.56. The molecule has 1 saturated heterocycles. The van der Waals surface area contributed by atoms with Crippen molar-refractivity contribution in [2.45, 2.75) is 71.6 Å². The van der Waals surface area contributed by atoms with Crippen LogP contribution in [-0.2, 0) is 16.1 Å². The minimum Gasteiger partial charge on any atom is -0.368 e. The van der Waals surface area contributed by atoms with E-state index in [4.69, 9.17) is 4.74 Å². The molecule has 0 bridgehead atoms. The SMILES string of the molecule is Cc1cc(C)n(C[C@H]2CCCCN2C(=O)[C@H](C)OCC2CC2)n1. The molecule has 2 fully saturated rings. The highest BCUT2D eigenvalue weighted by Crippen LogP contribution is 2.29. The van der Waals surface area contributed by atoms with Gasteiger partial charge in [0.1, 0.15) is 6.10 Å². The van der Waals surface area contributed by atoms with E-state index in [0.717, 1.165) is 38.2 Å². The van der Waals surface area contributed by atoms with E-state index in [9.17, 15) is 4.79 Å². The summed E-state index contributed by atoms with van der Waals surface area (Å²) in [6.45, 7) is 8.38. The maximum atomic E-state index is 12.8. The van der Waals surface area contributed by atoms with Crippen molar-refractivity contribution >= 4 is 5.91 Å². The van der Waals surface area contributed by atoms with Crippen molar-refractivity contribution in [1.29, 1.82) is 0 Å². The Kier molecular flexibility index (Phi) is 5.05. The second kappa shape index (κ2) is 7.04. The number of ether oxygens (including phenoxy) is 1. The lowest BCUT2D eigenvalue weighted by Gasteiger charge is -2.37. The Balaban J connectivity index is 1.62. The normalized spacial score (nSPS) is 23.1. The van der Waals surface area contributed by atoms with Crippen LogP contribution < -0.4 is 0 Å². The van der Waals surface area contributed by atoms with Crippen LogP contribution in [0.3, 0.4) is 0 Å². The summed E-state index contributed by atoms with van der Waals surface area (Å²) >= 11 is 0. The quantitative estimate of drug-likeness (QED) is 0.810. The first kappa shape index (κ1) is 16.5. The number of rotatable bonds is 6. The molecule has 1 aromatic rings. The summed E-state index contributed by atoms with van der Waals surface area (Å²) in [4.78, 5) is 14.8. The van der Waals surface area contributed by atoms with Gasteiger partial charge in [0.15, 0.2) is 0 Å². The number of piperidine rings is 1. The fourth-order valence-electron chi connectivity index (χ4n) is 3.41. The third-order valence-corrected chi connectivity index (χ3v) is 5.02. The first-order valence-corrected chi connectivity index (χ1v) is 8.97. The lowest BCUT2D eigenvalue weighted by atomic mass is 10.0. The molecule has 128 valence electrons. The van der Waals surface area contributed by atoms with Crippen molar-refractivity contribution in [2.75, 3.05) is 13.2 Å². The fraction of sp³-hybridized carbons (Fsp3) is 0.778. The van der Waals surface area contributed by atoms with Crippen molar-refractivity contribution in [3.8, 4) is 0 Å². The van der Waals surface area contributed by atoms with E-state index in [1.807, 2.05) is 23.4 Å². The van der Waals surface area contributed by atoms with Crippen LogP contribution in [0.5, 0.6) is 0 Å². The number of likely N-dealkylation sites (tertiary alicyclic amines) is 1. The number of aromatic nitrogens is 2. The van der Waals surface area contributed by atoms with E-state index in [2.05, 4.69) is 18.1 Å². The summed E-state index contributed by atoms with van der Waals surface area (Å²) < 4.78 is 7.84. The molecule has 5 nitrogen and oxygen atoms in total. The van der Waals surface area contributed by atoms with Gasteiger partial charge in [-0.15, -0.1) is 0 Å². The first-order chi connectivity index (χ1) is 11.0. The number of carbonyl (C=O) groups is 1. The number of hydrogen-bond acceptors (Lipinski definition) is 3. The van der Waals surface area contributed by atoms with Gasteiger partial charge in [-0.1, -0.05) is 0 Å². The van der Waals surface area contributed by atoms with Crippen LogP contribution in [0.2, 0.25) is 0 Å². The molecule has 1 aliphatic heterocycles. The molecular formula is C18H29N3O2. The number of nitrogens with zero attached hydrogens (tertiary/aromatic N) is 3. The van der Waals surface area contributed by atoms with Crippen molar-refractivity contribution in [3.63, 3.8) is 0 Å². The van der Waals surface area contributed by atoms with Gasteiger partial charge in [0.2, 0.25) is 0 Å². The zero-order chi connectivity index (χ0) is 16.4. The molecule has 0 spiro atoms. The highest BCUT2D eigenvalue weighted by Gasteiger charge is 2.32. The molecule has 0 N–H and O–H groups in total. The summed E-state index contributed by atoms with van der Waals surface area (Å²) in [6.07, 6.45) is 5.52. The second-order valence-electron chi connectivity index (χ2n) is 7.21. The Hall–Kier alpha value is -1.36. The van der Waals surface area contributed by atoms with Gasteiger partial charge in [-0.3, -0.25) is 9.48 Å². The number of amides is 1. The lowest BCUT2D eigenvalue weighted by molar-refractivity contribution is -0.147. The highest BCUT2D eigenvalue weighted by atomic mass is 16.5. The average Bonchev–Trinajstić information content (AvgIpc) is 3.30. The molecule has 0 radical (unpaired) electrons. The van der Waals surface area contributed by atoms with Gasteiger partial charge in [0, 0.05) is 12.2 Å². The Morgan fingerprint density at radius 3 is 2.78 bits per heavy atom. The van der Waals surface area contributed by atoms with Gasteiger partial charge in [-0.2, -0.15) is 5.10 Å². The van der Waals surface area contributed by atoms with E-state index in [1.165, 1.54) is 25.0 Å². The Labute approximate surface area is 139 Å². The molecule has 2 heterocycles. The molecule has 5 heteroatoms. The van der Waals surface area contributed by atoms with Gasteiger partial charge < -0.3 is 9.64 Å². The number of aryl methyl sites for hydroxylation is 2. The molecular weight excluding hydrogens is 290 g/mol. The first-order valence-electron chi connectivity index (χ1n) is 8.97. The third-order valence-electron chi connectivity index (χ3n) is 5.02. The van der Waals surface area contributed by atoms with Crippen LogP contribution in [0, 0.1) is 19.8 Å². The second-order valence-corrected chi connectivity index (χ2v) is 7.21. The van der Waals surface area contributed by atoms with Crippen LogP contribution in [0.15, 0.2) is 6.07 Å². The highest BCUT2D eigenvalue weighted by molar-refractivity contribution is 5.81. The topological polar surface area (TPSA) is 47.4 Å². The van der Waals surface area contributed by atoms with Gasteiger partial charge in [-0.25, -0.2) is 0 Å². The lowest BCUT2D eigenvalue weighted by Crippen LogP contribution is -2.50. The summed E-state index contributed by atoms with van der Waals surface area (Å²) in [5.74, 6) is 0.842. The van der Waals surface area contributed by atoms with E-state index >= 15 is 0 Å². The largest absolute Gasteiger partial charge is 0.368 e. The molecule has 2 aliphatic rings. The van der Waals surface area contributed by atoms with E-state index in [-0.39, 0.29) is 18.1 Å². The van der Waals surface area contributed by atoms with Gasteiger partial charge in [-0.05, 0) is 64.9 Å². The molecule has 2 atom stereocenters. The minimum atomic E-state index is -0.323. The van der Waals surface area contributed by atoms with E-state index in [0.29, 0.717) is 5.92 Å². The van der Waals surface area contributed by atoms with Crippen LogP contribution >= 0.6 is 0 Å². The van der Waals surface area contributed by atoms with Crippen LogP contribution in [0.4, 0.5) is 0 Å². The molecule has 1 saturated carbocycles. The van der Waals surface area contributed by atoms with Crippen molar-refractivity contribution < 1.29 is 9.53 Å². The third kappa shape index (κ3) is 4.14. The maximum absolute atomic E-state index is 12.8. The molecule has 1 aromatic heterocycles. The number of carbonyl (C=O) groups excluding carboxylic acids is 1. The minimum absolute atomic E-state index is 0.150. The van der Waals surface area contributed by atoms with Crippen molar-refractivity contribution in [2.24, 2.45) is 5.92 Å². The van der Waals surface area contributed by atoms with Crippen LogP contribution in [0.25, 0.3) is 0 Å². The van der Waals surface area contributed by atoms with Crippen molar-refractivity contribution in [3.05, 3.63) is 17.5 Å². The van der Waals surface area contributed by atoms with Crippen molar-refractivity contribution in [1.82, 2.24) is 14.7 Å².